The summed E-state index contributed by atoms with van der Waals surface area (Å²) >= 11 is 0. The van der Waals surface area contributed by atoms with Gasteiger partial charge in [0.25, 0.3) is 5.69 Å². The van der Waals surface area contributed by atoms with E-state index in [4.69, 9.17) is 5.73 Å². The fraction of sp³-hybridized carbons (Fsp3) is 0.600. The molecular weight excluding hydrogens is 268 g/mol. The van der Waals surface area contributed by atoms with Crippen LogP contribution >= 0.6 is 0 Å². The van der Waals surface area contributed by atoms with Crippen LogP contribution in [0.15, 0.2) is 24.3 Å². The molecule has 0 saturated carbocycles. The highest BCUT2D eigenvalue weighted by molar-refractivity contribution is 5.35. The third kappa shape index (κ3) is 3.78. The molecule has 0 bridgehead atoms. The minimum Gasteiger partial charge on any atom is -0.329 e. The van der Waals surface area contributed by atoms with Crippen molar-refractivity contribution in [1.82, 2.24) is 9.80 Å². The zero-order valence-electron chi connectivity index (χ0n) is 12.8. The van der Waals surface area contributed by atoms with Crippen molar-refractivity contribution >= 4 is 5.69 Å². The fourth-order valence-electron chi connectivity index (χ4n) is 2.88. The van der Waals surface area contributed by atoms with Crippen LogP contribution in [-0.4, -0.2) is 60.0 Å². The molecule has 0 aromatic heterocycles. The number of non-ortho nitro benzene ring substituents is 1. The number of nitro benzene ring substituents is 1. The number of nitrogens with two attached hydrogens (primary N) is 1. The zero-order chi connectivity index (χ0) is 15.5. The van der Waals surface area contributed by atoms with Gasteiger partial charge in [0.05, 0.1) is 4.92 Å². The lowest BCUT2D eigenvalue weighted by atomic mass is 9.90. The first-order valence-corrected chi connectivity index (χ1v) is 7.31. The highest BCUT2D eigenvalue weighted by Crippen LogP contribution is 2.23. The van der Waals surface area contributed by atoms with Crippen LogP contribution in [0.4, 0.5) is 5.69 Å². The first kappa shape index (κ1) is 15.9. The van der Waals surface area contributed by atoms with Gasteiger partial charge in [-0.3, -0.25) is 15.0 Å². The molecule has 6 nitrogen and oxygen atoms in total. The Bertz CT molecular complexity index is 500. The van der Waals surface area contributed by atoms with E-state index in [0.29, 0.717) is 6.54 Å². The number of piperazine rings is 1. The van der Waals surface area contributed by atoms with Crippen LogP contribution in [0.2, 0.25) is 0 Å². The normalized spacial score (nSPS) is 20.1. The molecule has 1 atom stereocenters. The quantitative estimate of drug-likeness (QED) is 0.650. The van der Waals surface area contributed by atoms with Gasteiger partial charge < -0.3 is 10.6 Å². The monoisotopic (exact) mass is 292 g/mol. The van der Waals surface area contributed by atoms with E-state index in [-0.39, 0.29) is 16.1 Å². The van der Waals surface area contributed by atoms with E-state index in [2.05, 4.69) is 23.8 Å². The highest BCUT2D eigenvalue weighted by atomic mass is 16.6. The lowest BCUT2D eigenvalue weighted by Gasteiger charge is -2.45. The SMILES string of the molecule is CN1CCN(C(C)(CN)Cc2cccc([N+](=O)[O-])c2)CC1. The number of benzene rings is 1. The van der Waals surface area contributed by atoms with Crippen molar-refractivity contribution in [2.75, 3.05) is 39.8 Å². The topological polar surface area (TPSA) is 75.6 Å². The third-order valence-corrected chi connectivity index (χ3v) is 4.41. The molecule has 1 aromatic carbocycles. The van der Waals surface area contributed by atoms with E-state index in [0.717, 1.165) is 38.2 Å². The summed E-state index contributed by atoms with van der Waals surface area (Å²) in [6.45, 7) is 6.73. The van der Waals surface area contributed by atoms with Crippen LogP contribution in [0.25, 0.3) is 0 Å². The van der Waals surface area contributed by atoms with Gasteiger partial charge in [-0.2, -0.15) is 0 Å². The number of hydrogen-bond donors (Lipinski definition) is 1. The fourth-order valence-corrected chi connectivity index (χ4v) is 2.88. The molecule has 0 amide bonds. The van der Waals surface area contributed by atoms with Crippen LogP contribution < -0.4 is 5.73 Å². The molecule has 6 heteroatoms. The average Bonchev–Trinajstić information content (AvgIpc) is 2.48. The Hall–Kier alpha value is -1.50. The van der Waals surface area contributed by atoms with Gasteiger partial charge in [-0.25, -0.2) is 0 Å². The van der Waals surface area contributed by atoms with Crippen LogP contribution in [-0.2, 0) is 6.42 Å². The van der Waals surface area contributed by atoms with E-state index in [1.807, 2.05) is 6.07 Å². The number of nitro groups is 1. The summed E-state index contributed by atoms with van der Waals surface area (Å²) < 4.78 is 0. The highest BCUT2D eigenvalue weighted by Gasteiger charge is 2.32. The van der Waals surface area contributed by atoms with Crippen LogP contribution in [0.3, 0.4) is 0 Å². The van der Waals surface area contributed by atoms with Crippen LogP contribution in [0, 0.1) is 10.1 Å². The molecular formula is C15H24N4O2. The summed E-state index contributed by atoms with van der Waals surface area (Å²) in [6.07, 6.45) is 0.731. The molecule has 1 aromatic rings. The summed E-state index contributed by atoms with van der Waals surface area (Å²) in [4.78, 5) is 15.3. The van der Waals surface area contributed by atoms with Crippen LogP contribution in [0.5, 0.6) is 0 Å². The van der Waals surface area contributed by atoms with Gasteiger partial charge in [0, 0.05) is 50.4 Å². The van der Waals surface area contributed by atoms with Gasteiger partial charge in [-0.15, -0.1) is 0 Å². The minimum atomic E-state index is -0.348. The first-order valence-electron chi connectivity index (χ1n) is 7.31. The third-order valence-electron chi connectivity index (χ3n) is 4.41. The van der Waals surface area contributed by atoms with Gasteiger partial charge in [-0.05, 0) is 26.0 Å². The van der Waals surface area contributed by atoms with E-state index < -0.39 is 0 Å². The summed E-state index contributed by atoms with van der Waals surface area (Å²) in [5.41, 5.74) is 6.99. The predicted molar refractivity (Wildman–Crippen MR) is 83.3 cm³/mol. The van der Waals surface area contributed by atoms with Crippen molar-refractivity contribution in [3.05, 3.63) is 39.9 Å². The molecule has 1 unspecified atom stereocenters. The van der Waals surface area contributed by atoms with Gasteiger partial charge in [0.1, 0.15) is 0 Å². The predicted octanol–water partition coefficient (Wildman–Crippen LogP) is 1.10. The summed E-state index contributed by atoms with van der Waals surface area (Å²) in [5, 5.41) is 10.9. The second-order valence-electron chi connectivity index (χ2n) is 6.10. The molecule has 116 valence electrons. The largest absolute Gasteiger partial charge is 0.329 e. The number of nitrogens with zero attached hydrogens (tertiary/aromatic N) is 3. The zero-order valence-corrected chi connectivity index (χ0v) is 12.8. The Labute approximate surface area is 125 Å². The Morgan fingerprint density at radius 2 is 2.00 bits per heavy atom. The van der Waals surface area contributed by atoms with Gasteiger partial charge in [0.15, 0.2) is 0 Å². The maximum Gasteiger partial charge on any atom is 0.269 e. The van der Waals surface area contributed by atoms with Crippen molar-refractivity contribution in [3.63, 3.8) is 0 Å². The average molecular weight is 292 g/mol. The molecule has 1 heterocycles. The second kappa shape index (κ2) is 6.51. The minimum absolute atomic E-state index is 0.144. The van der Waals surface area contributed by atoms with Gasteiger partial charge in [-0.1, -0.05) is 12.1 Å². The van der Waals surface area contributed by atoms with E-state index >= 15 is 0 Å². The first-order chi connectivity index (χ1) is 9.94. The maximum atomic E-state index is 10.9. The number of rotatable bonds is 5. The molecule has 1 saturated heterocycles. The Balaban J connectivity index is 2.14. The Kier molecular flexibility index (Phi) is 4.92. The lowest BCUT2D eigenvalue weighted by molar-refractivity contribution is -0.384. The summed E-state index contributed by atoms with van der Waals surface area (Å²) in [6, 6.07) is 6.87. The molecule has 0 radical (unpaired) electrons. The molecule has 0 aliphatic carbocycles. The van der Waals surface area contributed by atoms with Crippen LogP contribution in [0.1, 0.15) is 12.5 Å². The molecule has 21 heavy (non-hydrogen) atoms. The second-order valence-corrected chi connectivity index (χ2v) is 6.10. The lowest BCUT2D eigenvalue weighted by Crippen LogP contribution is -2.59. The van der Waals surface area contributed by atoms with Crippen molar-refractivity contribution < 1.29 is 4.92 Å². The molecule has 2 N–H and O–H groups in total. The maximum absolute atomic E-state index is 10.9. The van der Waals surface area contributed by atoms with Gasteiger partial charge >= 0.3 is 0 Å². The Morgan fingerprint density at radius 3 is 2.57 bits per heavy atom. The summed E-state index contributed by atoms with van der Waals surface area (Å²) in [5.74, 6) is 0. The molecule has 0 spiro atoms. The van der Waals surface area contributed by atoms with E-state index in [9.17, 15) is 10.1 Å². The Morgan fingerprint density at radius 1 is 1.33 bits per heavy atom. The van der Waals surface area contributed by atoms with Crippen molar-refractivity contribution in [3.8, 4) is 0 Å². The standard InChI is InChI=1S/C15H24N4O2/c1-15(12-16,18-8-6-17(2)7-9-18)11-13-4-3-5-14(10-13)19(20)21/h3-5,10H,6-9,11-12,16H2,1-2H3. The molecule has 1 fully saturated rings. The molecule has 1 aliphatic rings. The number of likely N-dealkylation sites (N-methyl/N-ethyl adjacent to an activating group) is 1. The summed E-state index contributed by atoms with van der Waals surface area (Å²) in [7, 11) is 2.12. The van der Waals surface area contributed by atoms with Crippen molar-refractivity contribution in [2.24, 2.45) is 5.73 Å². The molecule has 2 rings (SSSR count). The number of hydrogen-bond acceptors (Lipinski definition) is 5. The van der Waals surface area contributed by atoms with E-state index in [1.165, 1.54) is 6.07 Å². The van der Waals surface area contributed by atoms with Gasteiger partial charge in [0.2, 0.25) is 0 Å². The van der Waals surface area contributed by atoms with Crippen molar-refractivity contribution in [2.45, 2.75) is 18.9 Å². The smallest absolute Gasteiger partial charge is 0.269 e. The van der Waals surface area contributed by atoms with E-state index in [1.54, 1.807) is 12.1 Å². The molecule has 1 aliphatic heterocycles. The van der Waals surface area contributed by atoms with Crippen molar-refractivity contribution in [1.29, 1.82) is 0 Å².